The molecule has 2 heterocycles. The van der Waals surface area contributed by atoms with Gasteiger partial charge >= 0.3 is 0 Å². The van der Waals surface area contributed by atoms with Crippen molar-refractivity contribution in [3.63, 3.8) is 0 Å². The highest BCUT2D eigenvalue weighted by molar-refractivity contribution is 6.03. The summed E-state index contributed by atoms with van der Waals surface area (Å²) in [6, 6.07) is 12.1. The number of rotatable bonds is 7. The SMILES string of the molecule is C=CC(=O)N[C@H]1CCC[C@@H](NC(=O)c2ccc(NC(=O)c3cccc(C4=CC=NC4)n3)cc2)C1. The highest BCUT2D eigenvalue weighted by Gasteiger charge is 2.24. The van der Waals surface area contributed by atoms with Gasteiger partial charge < -0.3 is 16.0 Å². The summed E-state index contributed by atoms with van der Waals surface area (Å²) in [4.78, 5) is 45.5. The first kappa shape index (κ1) is 23.1. The predicted molar refractivity (Wildman–Crippen MR) is 132 cm³/mol. The van der Waals surface area contributed by atoms with Gasteiger partial charge in [-0.3, -0.25) is 19.4 Å². The number of carbonyl (C=O) groups excluding carboxylic acids is 3. The number of hydrogen-bond donors (Lipinski definition) is 3. The molecule has 4 rings (SSSR count). The molecule has 1 fully saturated rings. The van der Waals surface area contributed by atoms with E-state index in [1.54, 1.807) is 42.6 Å². The Balaban J connectivity index is 1.32. The molecule has 34 heavy (non-hydrogen) atoms. The van der Waals surface area contributed by atoms with E-state index in [1.807, 2.05) is 12.1 Å². The standard InChI is InChI=1S/C26H27N5O3/c1-2-24(32)28-20-5-3-6-21(15-20)30-25(33)17-9-11-19(12-10-17)29-26(34)23-8-4-7-22(31-23)18-13-14-27-16-18/h2,4,7-14,20-21H,1,3,5-6,15-16H2,(H,28,32)(H,29,34)(H,30,33)/t20-,21+/m0/s1. The number of carbonyl (C=O) groups is 3. The van der Waals surface area contributed by atoms with Gasteiger partial charge in [0, 0.05) is 35.1 Å². The molecule has 0 saturated heterocycles. The van der Waals surface area contributed by atoms with Gasteiger partial charge in [-0.2, -0.15) is 0 Å². The van der Waals surface area contributed by atoms with Crippen molar-refractivity contribution >= 4 is 35.2 Å². The molecule has 3 amide bonds. The van der Waals surface area contributed by atoms with Gasteiger partial charge in [0.25, 0.3) is 11.8 Å². The lowest BCUT2D eigenvalue weighted by atomic mass is 9.90. The van der Waals surface area contributed by atoms with Gasteiger partial charge in [0.2, 0.25) is 5.91 Å². The van der Waals surface area contributed by atoms with E-state index in [9.17, 15) is 14.4 Å². The van der Waals surface area contributed by atoms with Gasteiger partial charge in [-0.15, -0.1) is 0 Å². The first-order chi connectivity index (χ1) is 16.5. The zero-order valence-corrected chi connectivity index (χ0v) is 18.8. The first-order valence-electron chi connectivity index (χ1n) is 11.3. The normalized spacial score (nSPS) is 19.1. The van der Waals surface area contributed by atoms with Crippen LogP contribution in [0.15, 0.2) is 66.2 Å². The van der Waals surface area contributed by atoms with Crippen molar-refractivity contribution < 1.29 is 14.4 Å². The van der Waals surface area contributed by atoms with Crippen LogP contribution in [-0.4, -0.2) is 47.5 Å². The number of nitrogens with zero attached hydrogens (tertiary/aromatic N) is 2. The zero-order chi connectivity index (χ0) is 23.9. The van der Waals surface area contributed by atoms with Crippen molar-refractivity contribution in [3.05, 3.63) is 78.1 Å². The van der Waals surface area contributed by atoms with Gasteiger partial charge in [0.15, 0.2) is 0 Å². The smallest absolute Gasteiger partial charge is 0.274 e. The number of nitrogens with one attached hydrogen (secondary N) is 3. The molecule has 2 aromatic rings. The second kappa shape index (κ2) is 10.7. The number of hydrogen-bond acceptors (Lipinski definition) is 5. The molecule has 0 bridgehead atoms. The van der Waals surface area contributed by atoms with Crippen molar-refractivity contribution in [2.45, 2.75) is 37.8 Å². The minimum absolute atomic E-state index is 0.00511. The number of pyridine rings is 1. The number of amides is 3. The Morgan fingerprint density at radius 2 is 1.74 bits per heavy atom. The summed E-state index contributed by atoms with van der Waals surface area (Å²) in [5, 5.41) is 8.77. The van der Waals surface area contributed by atoms with E-state index in [2.05, 4.69) is 32.5 Å². The molecule has 2 aliphatic rings. The molecule has 0 spiro atoms. The second-order valence-electron chi connectivity index (χ2n) is 8.37. The zero-order valence-electron chi connectivity index (χ0n) is 18.8. The number of allylic oxidation sites excluding steroid dienone is 1. The lowest BCUT2D eigenvalue weighted by molar-refractivity contribution is -0.117. The molecule has 174 valence electrons. The summed E-state index contributed by atoms with van der Waals surface area (Å²) >= 11 is 0. The van der Waals surface area contributed by atoms with Crippen LogP contribution in [0.5, 0.6) is 0 Å². The third-order valence-corrected chi connectivity index (χ3v) is 5.90. The van der Waals surface area contributed by atoms with E-state index in [1.165, 1.54) is 6.08 Å². The molecule has 1 saturated carbocycles. The molecule has 0 radical (unpaired) electrons. The van der Waals surface area contributed by atoms with Crippen molar-refractivity contribution in [2.24, 2.45) is 4.99 Å². The third-order valence-electron chi connectivity index (χ3n) is 5.90. The van der Waals surface area contributed by atoms with E-state index in [0.29, 0.717) is 29.9 Å². The molecular weight excluding hydrogens is 430 g/mol. The Kier molecular flexibility index (Phi) is 7.27. The minimum Gasteiger partial charge on any atom is -0.350 e. The van der Waals surface area contributed by atoms with Crippen LogP contribution in [0.2, 0.25) is 0 Å². The average molecular weight is 458 g/mol. The Morgan fingerprint density at radius 3 is 2.44 bits per heavy atom. The van der Waals surface area contributed by atoms with Crippen LogP contribution in [0.25, 0.3) is 5.57 Å². The quantitative estimate of drug-likeness (QED) is 0.555. The first-order valence-corrected chi connectivity index (χ1v) is 11.3. The Morgan fingerprint density at radius 1 is 0.971 bits per heavy atom. The molecule has 1 aliphatic carbocycles. The van der Waals surface area contributed by atoms with E-state index in [0.717, 1.165) is 30.5 Å². The summed E-state index contributed by atoms with van der Waals surface area (Å²) in [5.74, 6) is -0.699. The highest BCUT2D eigenvalue weighted by atomic mass is 16.2. The van der Waals surface area contributed by atoms with Crippen molar-refractivity contribution in [3.8, 4) is 0 Å². The van der Waals surface area contributed by atoms with Crippen LogP contribution in [0.1, 0.15) is 52.2 Å². The molecule has 1 aromatic heterocycles. The molecule has 8 nitrogen and oxygen atoms in total. The fourth-order valence-corrected chi connectivity index (χ4v) is 4.13. The van der Waals surface area contributed by atoms with Gasteiger partial charge in [-0.25, -0.2) is 4.98 Å². The van der Waals surface area contributed by atoms with E-state index in [4.69, 9.17) is 0 Å². The molecule has 1 aliphatic heterocycles. The summed E-state index contributed by atoms with van der Waals surface area (Å²) in [7, 11) is 0. The number of aliphatic imine (C=N–C) groups is 1. The third kappa shape index (κ3) is 5.83. The van der Waals surface area contributed by atoms with Crippen LogP contribution >= 0.6 is 0 Å². The maximum Gasteiger partial charge on any atom is 0.274 e. The van der Waals surface area contributed by atoms with Crippen molar-refractivity contribution in [1.29, 1.82) is 0 Å². The predicted octanol–water partition coefficient (Wildman–Crippen LogP) is 3.14. The molecule has 1 aromatic carbocycles. The molecular formula is C26H27N5O3. The van der Waals surface area contributed by atoms with Gasteiger partial charge in [0.1, 0.15) is 5.69 Å². The lowest BCUT2D eigenvalue weighted by Crippen LogP contribution is -2.45. The Hall–Kier alpha value is -4.07. The summed E-state index contributed by atoms with van der Waals surface area (Å²) in [6.45, 7) is 4.04. The largest absolute Gasteiger partial charge is 0.350 e. The fourth-order valence-electron chi connectivity index (χ4n) is 4.13. The Bertz CT molecular complexity index is 1150. The number of benzene rings is 1. The van der Waals surface area contributed by atoms with Crippen LogP contribution in [0.4, 0.5) is 5.69 Å². The summed E-state index contributed by atoms with van der Waals surface area (Å²) < 4.78 is 0. The van der Waals surface area contributed by atoms with Crippen LogP contribution in [0.3, 0.4) is 0 Å². The van der Waals surface area contributed by atoms with Crippen molar-refractivity contribution in [2.75, 3.05) is 11.9 Å². The maximum absolute atomic E-state index is 12.7. The summed E-state index contributed by atoms with van der Waals surface area (Å²) in [5.41, 5.74) is 3.08. The topological polar surface area (TPSA) is 113 Å². The van der Waals surface area contributed by atoms with Gasteiger partial charge in [-0.1, -0.05) is 12.6 Å². The minimum atomic E-state index is -0.326. The van der Waals surface area contributed by atoms with Crippen LogP contribution < -0.4 is 16.0 Å². The van der Waals surface area contributed by atoms with Crippen molar-refractivity contribution in [1.82, 2.24) is 15.6 Å². The molecule has 0 unspecified atom stereocenters. The number of aromatic nitrogens is 1. The van der Waals surface area contributed by atoms with E-state index in [-0.39, 0.29) is 29.8 Å². The van der Waals surface area contributed by atoms with Gasteiger partial charge in [0.05, 0.1) is 12.2 Å². The Labute approximate surface area is 198 Å². The number of anilines is 1. The van der Waals surface area contributed by atoms with Crippen LogP contribution in [0, 0.1) is 0 Å². The maximum atomic E-state index is 12.7. The summed E-state index contributed by atoms with van der Waals surface area (Å²) in [6.07, 6.45) is 8.26. The second-order valence-corrected chi connectivity index (χ2v) is 8.37. The van der Waals surface area contributed by atoms with E-state index < -0.39 is 0 Å². The molecule has 3 N–H and O–H groups in total. The van der Waals surface area contributed by atoms with E-state index >= 15 is 0 Å². The average Bonchev–Trinajstić information content (AvgIpc) is 3.40. The van der Waals surface area contributed by atoms with Crippen LogP contribution in [-0.2, 0) is 4.79 Å². The monoisotopic (exact) mass is 457 g/mol. The molecule has 8 heteroatoms. The molecule has 2 atom stereocenters. The highest BCUT2D eigenvalue weighted by Crippen LogP contribution is 2.20. The lowest BCUT2D eigenvalue weighted by Gasteiger charge is -2.30. The van der Waals surface area contributed by atoms with Gasteiger partial charge in [-0.05, 0) is 74.2 Å². The fraction of sp³-hybridized carbons (Fsp3) is 0.269.